The van der Waals surface area contributed by atoms with E-state index in [1.54, 1.807) is 0 Å². The predicted octanol–water partition coefficient (Wildman–Crippen LogP) is 3.71. The molecule has 1 aliphatic carbocycles. The third-order valence-electron chi connectivity index (χ3n) is 3.71. The number of aliphatic hydroxyl groups is 1. The summed E-state index contributed by atoms with van der Waals surface area (Å²) in [5.74, 6) is 0. The Hall–Kier alpha value is -0.540. The maximum atomic E-state index is 9.44. The summed E-state index contributed by atoms with van der Waals surface area (Å²) >= 11 is 3.45. The van der Waals surface area contributed by atoms with Crippen LogP contribution in [-0.4, -0.2) is 18.2 Å². The molecule has 94 valence electrons. The molecule has 1 aliphatic rings. The SMILES string of the molecule is CN(c1ccc(Br)cc1CO)C1CCCCC1. The monoisotopic (exact) mass is 297 g/mol. The number of rotatable bonds is 3. The van der Waals surface area contributed by atoms with Crippen molar-refractivity contribution in [2.24, 2.45) is 0 Å². The minimum Gasteiger partial charge on any atom is -0.392 e. The van der Waals surface area contributed by atoms with Gasteiger partial charge in [0.25, 0.3) is 0 Å². The fourth-order valence-corrected chi connectivity index (χ4v) is 3.10. The van der Waals surface area contributed by atoms with Crippen LogP contribution in [0.15, 0.2) is 22.7 Å². The lowest BCUT2D eigenvalue weighted by molar-refractivity contribution is 0.281. The highest BCUT2D eigenvalue weighted by molar-refractivity contribution is 9.10. The van der Waals surface area contributed by atoms with Crippen LogP contribution in [0.1, 0.15) is 37.7 Å². The molecule has 0 atom stereocenters. The minimum atomic E-state index is 0.103. The molecule has 17 heavy (non-hydrogen) atoms. The molecular weight excluding hydrogens is 278 g/mol. The molecule has 1 N–H and O–H groups in total. The molecule has 0 heterocycles. The van der Waals surface area contributed by atoms with Crippen LogP contribution in [0.2, 0.25) is 0 Å². The molecule has 0 radical (unpaired) electrons. The first-order valence-electron chi connectivity index (χ1n) is 6.34. The van der Waals surface area contributed by atoms with Crippen LogP contribution in [0, 0.1) is 0 Å². The number of aliphatic hydroxyl groups excluding tert-OH is 1. The molecule has 1 aromatic rings. The van der Waals surface area contributed by atoms with E-state index in [4.69, 9.17) is 0 Å². The number of hydrogen-bond donors (Lipinski definition) is 1. The van der Waals surface area contributed by atoms with Gasteiger partial charge in [0.05, 0.1) is 6.61 Å². The Balaban J connectivity index is 2.19. The molecule has 1 aromatic carbocycles. The molecule has 0 bridgehead atoms. The summed E-state index contributed by atoms with van der Waals surface area (Å²) < 4.78 is 1.03. The second kappa shape index (κ2) is 5.87. The molecular formula is C14H20BrNO. The van der Waals surface area contributed by atoms with Gasteiger partial charge in [-0.2, -0.15) is 0 Å². The van der Waals surface area contributed by atoms with Crippen LogP contribution in [0.3, 0.4) is 0 Å². The van der Waals surface area contributed by atoms with Gasteiger partial charge < -0.3 is 10.0 Å². The Morgan fingerprint density at radius 3 is 2.65 bits per heavy atom. The molecule has 1 fully saturated rings. The molecule has 2 rings (SSSR count). The second-order valence-electron chi connectivity index (χ2n) is 4.83. The van der Waals surface area contributed by atoms with Gasteiger partial charge in [-0.1, -0.05) is 35.2 Å². The molecule has 2 nitrogen and oxygen atoms in total. The topological polar surface area (TPSA) is 23.5 Å². The average molecular weight is 298 g/mol. The van der Waals surface area contributed by atoms with Crippen LogP contribution in [-0.2, 0) is 6.61 Å². The van der Waals surface area contributed by atoms with Crippen molar-refractivity contribution in [3.8, 4) is 0 Å². The van der Waals surface area contributed by atoms with Gasteiger partial charge in [0.15, 0.2) is 0 Å². The summed E-state index contributed by atoms with van der Waals surface area (Å²) in [7, 11) is 2.15. The van der Waals surface area contributed by atoms with Gasteiger partial charge in [-0.25, -0.2) is 0 Å². The van der Waals surface area contributed by atoms with E-state index in [9.17, 15) is 5.11 Å². The van der Waals surface area contributed by atoms with Crippen molar-refractivity contribution in [2.75, 3.05) is 11.9 Å². The Morgan fingerprint density at radius 1 is 1.29 bits per heavy atom. The Bertz CT molecular complexity index is 374. The lowest BCUT2D eigenvalue weighted by Crippen LogP contribution is -2.33. The van der Waals surface area contributed by atoms with Gasteiger partial charge in [-0.15, -0.1) is 0 Å². The van der Waals surface area contributed by atoms with Gasteiger partial charge in [-0.3, -0.25) is 0 Å². The normalized spacial score (nSPS) is 17.1. The largest absolute Gasteiger partial charge is 0.392 e. The zero-order chi connectivity index (χ0) is 12.3. The van der Waals surface area contributed by atoms with E-state index in [2.05, 4.69) is 33.9 Å². The van der Waals surface area contributed by atoms with Gasteiger partial charge in [0.1, 0.15) is 0 Å². The van der Waals surface area contributed by atoms with E-state index < -0.39 is 0 Å². The third-order valence-corrected chi connectivity index (χ3v) is 4.21. The summed E-state index contributed by atoms with van der Waals surface area (Å²) in [4.78, 5) is 2.34. The first-order chi connectivity index (χ1) is 8.22. The molecule has 0 aromatic heterocycles. The highest BCUT2D eigenvalue weighted by Gasteiger charge is 2.19. The van der Waals surface area contributed by atoms with Crippen molar-refractivity contribution in [3.63, 3.8) is 0 Å². The van der Waals surface area contributed by atoms with E-state index >= 15 is 0 Å². The molecule has 3 heteroatoms. The zero-order valence-electron chi connectivity index (χ0n) is 10.3. The Labute approximate surface area is 112 Å². The molecule has 0 unspecified atom stereocenters. The van der Waals surface area contributed by atoms with E-state index in [0.717, 1.165) is 10.0 Å². The van der Waals surface area contributed by atoms with E-state index in [-0.39, 0.29) is 6.61 Å². The maximum absolute atomic E-state index is 9.44. The zero-order valence-corrected chi connectivity index (χ0v) is 11.9. The molecule has 0 spiro atoms. The standard InChI is InChI=1S/C14H20BrNO/c1-16(13-5-3-2-4-6-13)14-8-7-12(15)9-11(14)10-17/h7-9,13,17H,2-6,10H2,1H3. The number of halogens is 1. The van der Waals surface area contributed by atoms with E-state index in [1.807, 2.05) is 12.1 Å². The fourth-order valence-electron chi connectivity index (χ4n) is 2.69. The molecule has 0 saturated heterocycles. The lowest BCUT2D eigenvalue weighted by atomic mass is 9.94. The van der Waals surface area contributed by atoms with Crippen LogP contribution in [0.5, 0.6) is 0 Å². The summed E-state index contributed by atoms with van der Waals surface area (Å²) in [6.45, 7) is 0.103. The van der Waals surface area contributed by atoms with E-state index in [1.165, 1.54) is 37.8 Å². The van der Waals surface area contributed by atoms with Crippen molar-refractivity contribution in [1.82, 2.24) is 0 Å². The highest BCUT2D eigenvalue weighted by Crippen LogP contribution is 2.30. The van der Waals surface area contributed by atoms with Crippen LogP contribution in [0.25, 0.3) is 0 Å². The quantitative estimate of drug-likeness (QED) is 0.919. The molecule has 0 aliphatic heterocycles. The molecule has 0 amide bonds. The van der Waals surface area contributed by atoms with Crippen molar-refractivity contribution < 1.29 is 5.11 Å². The second-order valence-corrected chi connectivity index (χ2v) is 5.75. The number of benzene rings is 1. The number of nitrogens with zero attached hydrogens (tertiary/aromatic N) is 1. The third kappa shape index (κ3) is 3.02. The summed E-state index contributed by atoms with van der Waals surface area (Å²) in [6, 6.07) is 6.79. The van der Waals surface area contributed by atoms with Crippen molar-refractivity contribution in [3.05, 3.63) is 28.2 Å². The van der Waals surface area contributed by atoms with E-state index in [0.29, 0.717) is 6.04 Å². The van der Waals surface area contributed by atoms with Gasteiger partial charge in [0.2, 0.25) is 0 Å². The van der Waals surface area contributed by atoms with Crippen molar-refractivity contribution in [2.45, 2.75) is 44.8 Å². The predicted molar refractivity (Wildman–Crippen MR) is 75.3 cm³/mol. The van der Waals surface area contributed by atoms with Gasteiger partial charge in [-0.05, 0) is 31.0 Å². The molecule has 1 saturated carbocycles. The Morgan fingerprint density at radius 2 is 2.00 bits per heavy atom. The summed E-state index contributed by atoms with van der Waals surface area (Å²) in [6.07, 6.45) is 6.59. The van der Waals surface area contributed by atoms with Crippen LogP contribution < -0.4 is 4.90 Å². The first kappa shape index (κ1) is 12.9. The summed E-state index contributed by atoms with van der Waals surface area (Å²) in [5, 5.41) is 9.44. The van der Waals surface area contributed by atoms with Gasteiger partial charge in [0, 0.05) is 28.8 Å². The van der Waals surface area contributed by atoms with Crippen molar-refractivity contribution >= 4 is 21.6 Å². The highest BCUT2D eigenvalue weighted by atomic mass is 79.9. The fraction of sp³-hybridized carbons (Fsp3) is 0.571. The number of hydrogen-bond acceptors (Lipinski definition) is 2. The maximum Gasteiger partial charge on any atom is 0.0702 e. The minimum absolute atomic E-state index is 0.103. The smallest absolute Gasteiger partial charge is 0.0702 e. The Kier molecular flexibility index (Phi) is 4.46. The first-order valence-corrected chi connectivity index (χ1v) is 7.14. The van der Waals surface area contributed by atoms with Crippen LogP contribution >= 0.6 is 15.9 Å². The van der Waals surface area contributed by atoms with Crippen LogP contribution in [0.4, 0.5) is 5.69 Å². The average Bonchev–Trinajstić information content (AvgIpc) is 2.39. The number of anilines is 1. The summed E-state index contributed by atoms with van der Waals surface area (Å²) in [5.41, 5.74) is 2.18. The van der Waals surface area contributed by atoms with Crippen molar-refractivity contribution in [1.29, 1.82) is 0 Å². The lowest BCUT2D eigenvalue weighted by Gasteiger charge is -2.34. The van der Waals surface area contributed by atoms with Gasteiger partial charge >= 0.3 is 0 Å².